The zero-order chi connectivity index (χ0) is 27.1. The van der Waals surface area contributed by atoms with E-state index in [1.807, 2.05) is 30.3 Å². The first-order chi connectivity index (χ1) is 19.2. The van der Waals surface area contributed by atoms with Gasteiger partial charge in [0.05, 0.1) is 19.8 Å². The van der Waals surface area contributed by atoms with Crippen molar-refractivity contribution in [1.82, 2.24) is 0 Å². The number of unbranched alkanes of at least 4 members (excludes halogenated alkanes) is 8. The molecule has 1 heterocycles. The minimum atomic E-state index is -0.310. The third-order valence-corrected chi connectivity index (χ3v) is 8.62. The van der Waals surface area contributed by atoms with E-state index in [9.17, 15) is 4.39 Å². The molecule has 216 valence electrons. The van der Waals surface area contributed by atoms with Crippen LogP contribution < -0.4 is 4.74 Å². The Morgan fingerprint density at radius 1 is 0.718 bits per heavy atom. The average molecular weight is 539 g/mol. The van der Waals surface area contributed by atoms with Gasteiger partial charge in [-0.3, -0.25) is 0 Å². The highest BCUT2D eigenvalue weighted by Crippen LogP contribution is 2.31. The van der Waals surface area contributed by atoms with Gasteiger partial charge in [-0.15, -0.1) is 0 Å². The Hall–Kier alpha value is -1.91. The average Bonchev–Trinajstić information content (AvgIpc) is 3.49. The van der Waals surface area contributed by atoms with Crippen molar-refractivity contribution in [1.29, 1.82) is 0 Å². The predicted octanol–water partition coefficient (Wildman–Crippen LogP) is 10.4. The third kappa shape index (κ3) is 10.2. The molecule has 1 saturated carbocycles. The SMILES string of the molecule is CCCCCCCCC[C@H]1CO[C@H](c2ccc(-c3ccc(OCCCCCC4CCCC4)c(F)c3)cc2)OC1. The van der Waals surface area contributed by atoms with Crippen molar-refractivity contribution in [2.45, 2.75) is 116 Å². The zero-order valence-electron chi connectivity index (χ0n) is 24.3. The fourth-order valence-corrected chi connectivity index (χ4v) is 6.12. The minimum Gasteiger partial charge on any atom is -0.491 e. The molecule has 2 fully saturated rings. The molecule has 2 aromatic rings. The standard InChI is InChI=1S/C35H51FO3/c1-2-3-4-5-6-7-9-17-29-26-38-35(39-27-29)31-20-18-30(19-21-31)32-22-23-34(33(36)25-32)37-24-13-8-10-14-28-15-11-12-16-28/h18-23,25,28-29,35H,2-17,24,26-27H2,1H3/t29-,35-. The molecular formula is C35H51FO3. The van der Waals surface area contributed by atoms with Crippen molar-refractivity contribution in [3.8, 4) is 16.9 Å². The maximum atomic E-state index is 14.7. The van der Waals surface area contributed by atoms with Crippen molar-refractivity contribution in [3.05, 3.63) is 53.8 Å². The van der Waals surface area contributed by atoms with Crippen molar-refractivity contribution >= 4 is 0 Å². The van der Waals surface area contributed by atoms with E-state index in [1.165, 1.54) is 89.9 Å². The van der Waals surface area contributed by atoms with E-state index < -0.39 is 0 Å². The van der Waals surface area contributed by atoms with Crippen LogP contribution in [0.3, 0.4) is 0 Å². The smallest absolute Gasteiger partial charge is 0.183 e. The lowest BCUT2D eigenvalue weighted by molar-refractivity contribution is -0.206. The van der Waals surface area contributed by atoms with Crippen LogP contribution in [0.25, 0.3) is 11.1 Å². The van der Waals surface area contributed by atoms with E-state index in [0.717, 1.165) is 48.7 Å². The van der Waals surface area contributed by atoms with Crippen molar-refractivity contribution in [3.63, 3.8) is 0 Å². The van der Waals surface area contributed by atoms with Crippen molar-refractivity contribution < 1.29 is 18.6 Å². The van der Waals surface area contributed by atoms with E-state index >= 15 is 0 Å². The van der Waals surface area contributed by atoms with Gasteiger partial charge in [-0.25, -0.2) is 4.39 Å². The fourth-order valence-electron chi connectivity index (χ4n) is 6.12. The summed E-state index contributed by atoms with van der Waals surface area (Å²) in [5.74, 6) is 1.50. The Kier molecular flexibility index (Phi) is 13.1. The Bertz CT molecular complexity index is 929. The van der Waals surface area contributed by atoms with Crippen LogP contribution in [0, 0.1) is 17.7 Å². The third-order valence-electron chi connectivity index (χ3n) is 8.62. The second-order valence-electron chi connectivity index (χ2n) is 11.9. The maximum Gasteiger partial charge on any atom is 0.183 e. The van der Waals surface area contributed by atoms with Crippen LogP contribution in [0.4, 0.5) is 4.39 Å². The van der Waals surface area contributed by atoms with Gasteiger partial charge in [0.1, 0.15) is 0 Å². The van der Waals surface area contributed by atoms with Gasteiger partial charge in [0.25, 0.3) is 0 Å². The molecule has 3 nitrogen and oxygen atoms in total. The Balaban J connectivity index is 1.14. The quantitative estimate of drug-likeness (QED) is 0.187. The molecule has 0 amide bonds. The number of benzene rings is 2. The Labute approximate surface area is 236 Å². The zero-order valence-corrected chi connectivity index (χ0v) is 24.3. The first-order valence-electron chi connectivity index (χ1n) is 16.0. The van der Waals surface area contributed by atoms with Crippen LogP contribution in [0.1, 0.15) is 122 Å². The number of hydrogen-bond donors (Lipinski definition) is 0. The molecule has 4 heteroatoms. The van der Waals surface area contributed by atoms with Gasteiger partial charge < -0.3 is 14.2 Å². The first kappa shape index (κ1) is 30.1. The summed E-state index contributed by atoms with van der Waals surface area (Å²) in [6.07, 6.45) is 20.7. The van der Waals surface area contributed by atoms with E-state index in [0.29, 0.717) is 18.3 Å². The molecule has 1 saturated heterocycles. The van der Waals surface area contributed by atoms with Gasteiger partial charge in [-0.05, 0) is 42.0 Å². The van der Waals surface area contributed by atoms with Crippen molar-refractivity contribution in [2.75, 3.05) is 19.8 Å². The highest BCUT2D eigenvalue weighted by molar-refractivity contribution is 5.64. The lowest BCUT2D eigenvalue weighted by Gasteiger charge is -2.29. The number of ether oxygens (including phenoxy) is 3. The molecule has 0 unspecified atom stereocenters. The van der Waals surface area contributed by atoms with Crippen molar-refractivity contribution in [2.24, 2.45) is 11.8 Å². The van der Waals surface area contributed by atoms with Crippen LogP contribution >= 0.6 is 0 Å². The summed E-state index contributed by atoms with van der Waals surface area (Å²) in [6, 6.07) is 13.4. The number of halogens is 1. The Morgan fingerprint density at radius 3 is 2.03 bits per heavy atom. The van der Waals surface area contributed by atoms with Gasteiger partial charge in [-0.1, -0.05) is 127 Å². The first-order valence-corrected chi connectivity index (χ1v) is 16.0. The number of rotatable bonds is 17. The van der Waals surface area contributed by atoms with Crippen LogP contribution in [-0.4, -0.2) is 19.8 Å². The molecule has 1 aliphatic heterocycles. The van der Waals surface area contributed by atoms with Gasteiger partial charge in [0.15, 0.2) is 17.9 Å². The highest BCUT2D eigenvalue weighted by Gasteiger charge is 2.23. The summed E-state index contributed by atoms with van der Waals surface area (Å²) >= 11 is 0. The Morgan fingerprint density at radius 2 is 1.33 bits per heavy atom. The van der Waals surface area contributed by atoms with E-state index in [-0.39, 0.29) is 12.1 Å². The predicted molar refractivity (Wildman–Crippen MR) is 159 cm³/mol. The molecule has 0 radical (unpaired) electrons. The molecule has 39 heavy (non-hydrogen) atoms. The molecule has 4 rings (SSSR count). The summed E-state index contributed by atoms with van der Waals surface area (Å²) in [7, 11) is 0. The van der Waals surface area contributed by atoms with Gasteiger partial charge in [-0.2, -0.15) is 0 Å². The molecule has 2 aromatic carbocycles. The molecule has 2 aliphatic rings. The summed E-state index contributed by atoms with van der Waals surface area (Å²) in [4.78, 5) is 0. The fraction of sp³-hybridized carbons (Fsp3) is 0.657. The summed E-state index contributed by atoms with van der Waals surface area (Å²) in [5.41, 5.74) is 2.84. The van der Waals surface area contributed by atoms with E-state index in [4.69, 9.17) is 14.2 Å². The highest BCUT2D eigenvalue weighted by atomic mass is 19.1. The number of hydrogen-bond acceptors (Lipinski definition) is 3. The molecule has 0 spiro atoms. The second kappa shape index (κ2) is 17.0. The lowest BCUT2D eigenvalue weighted by Crippen LogP contribution is -2.27. The second-order valence-corrected chi connectivity index (χ2v) is 11.9. The van der Waals surface area contributed by atoms with Crippen LogP contribution in [0.15, 0.2) is 42.5 Å². The summed E-state index contributed by atoms with van der Waals surface area (Å²) in [6.45, 7) is 4.36. The minimum absolute atomic E-state index is 0.298. The molecule has 0 aromatic heterocycles. The molecule has 1 aliphatic carbocycles. The molecule has 0 bridgehead atoms. The monoisotopic (exact) mass is 538 g/mol. The largest absolute Gasteiger partial charge is 0.491 e. The van der Waals surface area contributed by atoms with Crippen LogP contribution in [0.2, 0.25) is 0 Å². The van der Waals surface area contributed by atoms with Crippen LogP contribution in [-0.2, 0) is 9.47 Å². The summed E-state index contributed by atoms with van der Waals surface area (Å²) < 4.78 is 32.6. The van der Waals surface area contributed by atoms with Gasteiger partial charge in [0.2, 0.25) is 0 Å². The van der Waals surface area contributed by atoms with E-state index in [1.54, 1.807) is 12.1 Å². The van der Waals surface area contributed by atoms with Gasteiger partial charge >= 0.3 is 0 Å². The molecule has 0 atom stereocenters. The molecule has 0 N–H and O–H groups in total. The van der Waals surface area contributed by atoms with Crippen LogP contribution in [0.5, 0.6) is 5.75 Å². The molecular weight excluding hydrogens is 487 g/mol. The maximum absolute atomic E-state index is 14.7. The topological polar surface area (TPSA) is 27.7 Å². The normalized spacial score (nSPS) is 19.9. The van der Waals surface area contributed by atoms with E-state index in [2.05, 4.69) is 6.92 Å². The lowest BCUT2D eigenvalue weighted by atomic mass is 10.00. The van der Waals surface area contributed by atoms with Gasteiger partial charge in [0, 0.05) is 11.5 Å². The summed E-state index contributed by atoms with van der Waals surface area (Å²) in [5, 5.41) is 0.